The lowest BCUT2D eigenvalue weighted by Crippen LogP contribution is -2.40. The van der Waals surface area contributed by atoms with Crippen LogP contribution < -0.4 is 29.1 Å². The van der Waals surface area contributed by atoms with Crippen molar-refractivity contribution in [3.63, 3.8) is 0 Å². The summed E-state index contributed by atoms with van der Waals surface area (Å²) in [6, 6.07) is 12.1. The number of benzene rings is 2. The van der Waals surface area contributed by atoms with E-state index in [1.165, 1.54) is 23.0 Å². The zero-order valence-electron chi connectivity index (χ0n) is 23.4. The van der Waals surface area contributed by atoms with Crippen molar-refractivity contribution < 1.29 is 28.5 Å². The molecule has 2 aromatic carbocycles. The number of allylic oxidation sites excluding steroid dienone is 1. The first-order valence-electron chi connectivity index (χ1n) is 13.1. The first kappa shape index (κ1) is 29.1. The fourth-order valence-electron chi connectivity index (χ4n) is 4.43. The molecular formula is C30H34N2O7S. The Balaban J connectivity index is 1.86. The monoisotopic (exact) mass is 566 g/mol. The third-order valence-electron chi connectivity index (χ3n) is 6.22. The average Bonchev–Trinajstić information content (AvgIpc) is 3.26. The Morgan fingerprint density at radius 2 is 1.82 bits per heavy atom. The number of aromatic nitrogens is 1. The number of methoxy groups -OCH3 is 2. The van der Waals surface area contributed by atoms with Gasteiger partial charge in [-0.2, -0.15) is 0 Å². The van der Waals surface area contributed by atoms with Gasteiger partial charge in [-0.1, -0.05) is 42.5 Å². The molecule has 0 saturated heterocycles. The predicted molar refractivity (Wildman–Crippen MR) is 153 cm³/mol. The number of rotatable bonds is 12. The predicted octanol–water partition coefficient (Wildman–Crippen LogP) is 3.62. The molecule has 0 radical (unpaired) electrons. The second-order valence-electron chi connectivity index (χ2n) is 8.94. The Hall–Kier alpha value is -3.89. The highest BCUT2D eigenvalue weighted by Gasteiger charge is 2.35. The van der Waals surface area contributed by atoms with E-state index in [-0.39, 0.29) is 24.3 Å². The zero-order chi connectivity index (χ0) is 28.6. The second kappa shape index (κ2) is 13.5. The van der Waals surface area contributed by atoms with Crippen LogP contribution in [0, 0.1) is 0 Å². The summed E-state index contributed by atoms with van der Waals surface area (Å²) in [5.74, 6) is 1.25. The quantitative estimate of drug-likeness (QED) is 0.244. The second-order valence-corrected chi connectivity index (χ2v) is 9.95. The minimum absolute atomic E-state index is 0.0787. The molecular weight excluding hydrogens is 532 g/mol. The van der Waals surface area contributed by atoms with Crippen LogP contribution in [-0.2, 0) is 14.3 Å². The van der Waals surface area contributed by atoms with E-state index in [1.54, 1.807) is 26.2 Å². The number of fused-ring (bicyclic) bond motifs is 1. The largest absolute Gasteiger partial charge is 0.496 e. The van der Waals surface area contributed by atoms with Gasteiger partial charge in [0.2, 0.25) is 0 Å². The Morgan fingerprint density at radius 3 is 2.55 bits per heavy atom. The third kappa shape index (κ3) is 6.13. The number of hydrogen-bond acceptors (Lipinski definition) is 9. The van der Waals surface area contributed by atoms with Gasteiger partial charge in [-0.3, -0.25) is 9.36 Å². The Kier molecular flexibility index (Phi) is 9.79. The molecule has 0 N–H and O–H groups in total. The maximum Gasteiger partial charge on any atom is 0.338 e. The van der Waals surface area contributed by atoms with Gasteiger partial charge in [-0.15, -0.1) is 0 Å². The molecule has 2 heterocycles. The number of thiazole rings is 1. The summed E-state index contributed by atoms with van der Waals surface area (Å²) in [4.78, 5) is 32.4. The highest BCUT2D eigenvalue weighted by atomic mass is 32.1. The highest BCUT2D eigenvalue weighted by Crippen LogP contribution is 2.35. The van der Waals surface area contributed by atoms with Crippen LogP contribution in [0.5, 0.6) is 17.2 Å². The molecule has 1 atom stereocenters. The van der Waals surface area contributed by atoms with Crippen molar-refractivity contribution in [2.24, 2.45) is 4.99 Å². The normalized spacial score (nSPS) is 14.9. The van der Waals surface area contributed by atoms with Gasteiger partial charge in [0, 0.05) is 12.7 Å². The van der Waals surface area contributed by atoms with E-state index in [2.05, 4.69) is 4.99 Å². The Labute approximate surface area is 236 Å². The minimum atomic E-state index is -0.784. The van der Waals surface area contributed by atoms with Crippen molar-refractivity contribution in [3.05, 3.63) is 84.5 Å². The fourth-order valence-corrected chi connectivity index (χ4v) is 5.48. The van der Waals surface area contributed by atoms with Crippen LogP contribution in [0.15, 0.2) is 63.5 Å². The molecule has 212 valence electrons. The summed E-state index contributed by atoms with van der Waals surface area (Å²) in [7, 11) is 3.09. The molecule has 9 nitrogen and oxygen atoms in total. The zero-order valence-corrected chi connectivity index (χ0v) is 24.2. The number of carbonyl (C=O) groups excluding carboxylic acids is 1. The third-order valence-corrected chi connectivity index (χ3v) is 7.21. The first-order chi connectivity index (χ1) is 19.4. The molecule has 1 unspecified atom stereocenters. The lowest BCUT2D eigenvalue weighted by Gasteiger charge is -2.26. The number of ether oxygens (including phenoxy) is 5. The summed E-state index contributed by atoms with van der Waals surface area (Å²) in [5.41, 5.74) is 1.90. The van der Waals surface area contributed by atoms with Crippen LogP contribution in [0.1, 0.15) is 44.4 Å². The summed E-state index contributed by atoms with van der Waals surface area (Å²) in [6.07, 6.45) is 2.67. The maximum absolute atomic E-state index is 13.9. The van der Waals surface area contributed by atoms with E-state index in [0.717, 1.165) is 12.0 Å². The number of para-hydroxylation sites is 1. The molecule has 1 aliphatic heterocycles. The van der Waals surface area contributed by atoms with Crippen molar-refractivity contribution in [2.75, 3.05) is 40.6 Å². The molecule has 0 spiro atoms. The van der Waals surface area contributed by atoms with Crippen LogP contribution in [0.2, 0.25) is 0 Å². The lowest BCUT2D eigenvalue weighted by molar-refractivity contribution is -0.140. The number of nitrogens with zero attached hydrogens (tertiary/aromatic N) is 2. The molecule has 4 rings (SSSR count). The first-order valence-corrected chi connectivity index (χ1v) is 14.0. The molecule has 0 amide bonds. The van der Waals surface area contributed by atoms with Crippen molar-refractivity contribution in [3.8, 4) is 17.2 Å². The molecule has 40 heavy (non-hydrogen) atoms. The molecule has 1 aromatic heterocycles. The standard InChI is InChI=1S/C30H34N2O7S/c1-6-14-38-23-13-12-20(17-24(23)37-7-2)18-25-28(33)32-27(21-10-8-9-11-22(21)36-5)26(19(3)31-30(32)40-25)29(34)39-16-15-35-4/h8-13,17-18,27H,6-7,14-16H2,1-5H3. The number of hydrogen-bond donors (Lipinski definition) is 0. The van der Waals surface area contributed by atoms with E-state index in [1.807, 2.05) is 50.2 Å². The van der Waals surface area contributed by atoms with Crippen molar-refractivity contribution in [2.45, 2.75) is 33.2 Å². The van der Waals surface area contributed by atoms with Gasteiger partial charge < -0.3 is 23.7 Å². The molecule has 10 heteroatoms. The van der Waals surface area contributed by atoms with Gasteiger partial charge in [0.1, 0.15) is 18.4 Å². The van der Waals surface area contributed by atoms with Gasteiger partial charge in [0.15, 0.2) is 16.3 Å². The fraction of sp³-hybridized carbons (Fsp3) is 0.367. The smallest absolute Gasteiger partial charge is 0.338 e. The molecule has 0 aliphatic carbocycles. The van der Waals surface area contributed by atoms with E-state index in [4.69, 9.17) is 23.7 Å². The summed E-state index contributed by atoms with van der Waals surface area (Å²) < 4.78 is 29.7. The van der Waals surface area contributed by atoms with Crippen molar-refractivity contribution >= 4 is 23.4 Å². The van der Waals surface area contributed by atoms with Gasteiger partial charge in [0.25, 0.3) is 5.56 Å². The molecule has 0 saturated carbocycles. The van der Waals surface area contributed by atoms with Crippen LogP contribution in [-0.4, -0.2) is 51.2 Å². The van der Waals surface area contributed by atoms with Crippen molar-refractivity contribution in [1.82, 2.24) is 4.57 Å². The minimum Gasteiger partial charge on any atom is -0.496 e. The van der Waals surface area contributed by atoms with Crippen molar-refractivity contribution in [1.29, 1.82) is 0 Å². The van der Waals surface area contributed by atoms with Crippen LogP contribution in [0.3, 0.4) is 0 Å². The Morgan fingerprint density at radius 1 is 1.02 bits per heavy atom. The maximum atomic E-state index is 13.9. The summed E-state index contributed by atoms with van der Waals surface area (Å²) in [6.45, 7) is 7.09. The molecule has 0 fully saturated rings. The van der Waals surface area contributed by atoms with Gasteiger partial charge in [-0.25, -0.2) is 9.79 Å². The molecule has 3 aromatic rings. The lowest BCUT2D eigenvalue weighted by atomic mass is 9.95. The van der Waals surface area contributed by atoms with E-state index >= 15 is 0 Å². The number of esters is 1. The summed E-state index contributed by atoms with van der Waals surface area (Å²) in [5, 5.41) is 0. The SMILES string of the molecule is CCCOc1ccc(C=c2sc3n(c2=O)C(c2ccccc2OC)C(C(=O)OCCOC)=C(C)N=3)cc1OCC. The van der Waals surface area contributed by atoms with Gasteiger partial charge in [0.05, 0.1) is 42.7 Å². The average molecular weight is 567 g/mol. The highest BCUT2D eigenvalue weighted by molar-refractivity contribution is 7.07. The molecule has 0 bridgehead atoms. The molecule has 1 aliphatic rings. The topological polar surface area (TPSA) is 97.6 Å². The van der Waals surface area contributed by atoms with E-state index in [9.17, 15) is 9.59 Å². The van der Waals surface area contributed by atoms with Crippen LogP contribution >= 0.6 is 11.3 Å². The van der Waals surface area contributed by atoms with Crippen LogP contribution in [0.4, 0.5) is 0 Å². The van der Waals surface area contributed by atoms with Gasteiger partial charge in [-0.05, 0) is 50.1 Å². The van der Waals surface area contributed by atoms with E-state index in [0.29, 0.717) is 51.1 Å². The number of carbonyl (C=O) groups is 1. The van der Waals surface area contributed by atoms with Crippen LogP contribution in [0.25, 0.3) is 6.08 Å². The van der Waals surface area contributed by atoms with E-state index < -0.39 is 12.0 Å². The summed E-state index contributed by atoms with van der Waals surface area (Å²) >= 11 is 1.25. The van der Waals surface area contributed by atoms with Gasteiger partial charge >= 0.3 is 5.97 Å². The Bertz CT molecular complexity index is 1570.